The molecule has 0 saturated heterocycles. The van der Waals surface area contributed by atoms with Crippen LogP contribution in [-0.4, -0.2) is 65.6 Å². The number of nitrogens with one attached hydrogen (secondary N) is 1. The van der Waals surface area contributed by atoms with Crippen molar-refractivity contribution in [1.29, 1.82) is 0 Å². The van der Waals surface area contributed by atoms with Crippen molar-refractivity contribution in [3.8, 4) is 5.75 Å². The Bertz CT molecular complexity index is 1150. The normalized spacial score (nSPS) is 12.0. The van der Waals surface area contributed by atoms with Crippen LogP contribution in [0.4, 0.5) is 4.79 Å². The number of carboxylic acids is 1. The van der Waals surface area contributed by atoms with E-state index in [2.05, 4.69) is 12.2 Å². The molecule has 0 heterocycles. The van der Waals surface area contributed by atoms with Gasteiger partial charge in [-0.15, -0.1) is 0 Å². The first-order valence-corrected chi connectivity index (χ1v) is 18.7. The maximum Gasteiger partial charge on any atom is 0.502 e. The van der Waals surface area contributed by atoms with E-state index in [1.165, 1.54) is 25.7 Å². The molecule has 2 aromatic rings. The topological polar surface area (TPSA) is 113 Å². The SMILES string of the molecule is CCCCCCCOc1ccc2cc(/C=C(\CCCCCCOC(=O)NCC[Si](OCC)(OCC)OCC)C(=O)O)ccc2c1. The second-order valence-corrected chi connectivity index (χ2v) is 13.7. The lowest BCUT2D eigenvalue weighted by molar-refractivity contribution is -0.132. The molecule has 0 spiro atoms. The van der Waals surface area contributed by atoms with Gasteiger partial charge in [0, 0.05) is 38.0 Å². The Morgan fingerprint density at radius 3 is 2.07 bits per heavy atom. The molecule has 9 nitrogen and oxygen atoms in total. The Hall–Kier alpha value is -2.92. The van der Waals surface area contributed by atoms with Crippen LogP contribution in [0.15, 0.2) is 42.0 Å². The van der Waals surface area contributed by atoms with Crippen LogP contribution >= 0.6 is 0 Å². The predicted octanol–water partition coefficient (Wildman–Crippen LogP) is 8.38. The van der Waals surface area contributed by atoms with Crippen LogP contribution in [-0.2, 0) is 22.8 Å². The number of ether oxygens (including phenoxy) is 2. The maximum atomic E-state index is 12.1. The van der Waals surface area contributed by atoms with E-state index in [0.29, 0.717) is 57.4 Å². The van der Waals surface area contributed by atoms with Crippen molar-refractivity contribution in [1.82, 2.24) is 5.32 Å². The van der Waals surface area contributed by atoms with Gasteiger partial charge in [0.15, 0.2) is 0 Å². The molecule has 0 aliphatic heterocycles. The molecule has 252 valence electrons. The summed E-state index contributed by atoms with van der Waals surface area (Å²) in [6.45, 7) is 10.7. The highest BCUT2D eigenvalue weighted by Crippen LogP contribution is 2.24. The van der Waals surface area contributed by atoms with E-state index in [0.717, 1.165) is 54.4 Å². The van der Waals surface area contributed by atoms with Gasteiger partial charge in [0.05, 0.1) is 13.2 Å². The Balaban J connectivity index is 1.71. The minimum atomic E-state index is -2.80. The number of aliphatic carboxylic acids is 1. The van der Waals surface area contributed by atoms with Crippen LogP contribution in [0.2, 0.25) is 6.04 Å². The number of hydrogen-bond donors (Lipinski definition) is 2. The van der Waals surface area contributed by atoms with Crippen LogP contribution < -0.4 is 10.1 Å². The molecular formula is C35H55NO8Si. The van der Waals surface area contributed by atoms with E-state index in [1.54, 1.807) is 6.08 Å². The lowest BCUT2D eigenvalue weighted by Crippen LogP contribution is -2.48. The van der Waals surface area contributed by atoms with Crippen molar-refractivity contribution in [2.45, 2.75) is 97.9 Å². The van der Waals surface area contributed by atoms with E-state index in [9.17, 15) is 14.7 Å². The number of benzene rings is 2. The fourth-order valence-corrected chi connectivity index (χ4v) is 7.50. The van der Waals surface area contributed by atoms with Gasteiger partial charge in [0.1, 0.15) is 5.75 Å². The summed E-state index contributed by atoms with van der Waals surface area (Å²) >= 11 is 0. The third-order valence-electron chi connectivity index (χ3n) is 7.33. The van der Waals surface area contributed by atoms with E-state index >= 15 is 0 Å². The molecule has 0 aromatic heterocycles. The molecule has 0 aliphatic carbocycles. The molecule has 0 atom stereocenters. The third-order valence-corrected chi connectivity index (χ3v) is 10.4. The van der Waals surface area contributed by atoms with Crippen LogP contribution in [0.5, 0.6) is 5.75 Å². The molecule has 2 N–H and O–H groups in total. The number of alkyl carbamates (subject to hydrolysis) is 1. The van der Waals surface area contributed by atoms with Gasteiger partial charge in [-0.1, -0.05) is 63.6 Å². The molecule has 2 aromatic carbocycles. The quantitative estimate of drug-likeness (QED) is 0.0629. The molecule has 1 amide bonds. The number of rotatable bonds is 25. The van der Waals surface area contributed by atoms with Gasteiger partial charge in [-0.05, 0) is 87.1 Å². The summed E-state index contributed by atoms with van der Waals surface area (Å²) in [6, 6.07) is 12.5. The van der Waals surface area contributed by atoms with Crippen LogP contribution in [0.25, 0.3) is 16.8 Å². The summed E-state index contributed by atoms with van der Waals surface area (Å²) in [5.74, 6) is -0.0356. The number of amides is 1. The van der Waals surface area contributed by atoms with E-state index in [4.69, 9.17) is 22.8 Å². The highest BCUT2D eigenvalue weighted by Gasteiger charge is 2.40. The average molecular weight is 646 g/mol. The summed E-state index contributed by atoms with van der Waals surface area (Å²) in [7, 11) is -2.80. The standard InChI is InChI=1S/C35H55NO8Si/c1-5-9-10-12-15-23-40-33-21-20-30-26-29(18-19-31(30)28-33)27-32(34(37)38)17-14-11-13-16-24-41-35(39)36-22-25-45(42-6-2,43-7-3)44-8-4/h18-21,26-28H,5-17,22-25H2,1-4H3,(H,36,39)(H,37,38)/b32-27+. The van der Waals surface area contributed by atoms with Crippen LogP contribution in [0, 0.1) is 0 Å². The summed E-state index contributed by atoms with van der Waals surface area (Å²) < 4.78 is 28.6. The zero-order chi connectivity index (χ0) is 32.8. The van der Waals surface area contributed by atoms with E-state index in [1.807, 2.05) is 57.2 Å². The monoisotopic (exact) mass is 645 g/mol. The molecule has 2 rings (SSSR count). The smallest absolute Gasteiger partial charge is 0.494 e. The fourth-order valence-electron chi connectivity index (χ4n) is 5.07. The van der Waals surface area contributed by atoms with Gasteiger partial charge in [0.25, 0.3) is 0 Å². The Morgan fingerprint density at radius 1 is 0.778 bits per heavy atom. The van der Waals surface area contributed by atoms with Gasteiger partial charge in [-0.25, -0.2) is 9.59 Å². The fraction of sp³-hybridized carbons (Fsp3) is 0.600. The molecule has 10 heteroatoms. The zero-order valence-electron chi connectivity index (χ0n) is 27.9. The first-order valence-electron chi connectivity index (χ1n) is 16.8. The van der Waals surface area contributed by atoms with Crippen LogP contribution in [0.3, 0.4) is 0 Å². The minimum absolute atomic E-state index is 0.307. The van der Waals surface area contributed by atoms with Crippen molar-refractivity contribution in [2.75, 3.05) is 39.6 Å². The van der Waals surface area contributed by atoms with Gasteiger partial charge < -0.3 is 33.2 Å². The summed E-state index contributed by atoms with van der Waals surface area (Å²) in [5.41, 5.74) is 1.26. The van der Waals surface area contributed by atoms with Gasteiger partial charge in [0.2, 0.25) is 0 Å². The molecule has 0 aliphatic rings. The Labute approximate surface area is 271 Å². The highest BCUT2D eigenvalue weighted by molar-refractivity contribution is 6.60. The van der Waals surface area contributed by atoms with Crippen molar-refractivity contribution in [2.24, 2.45) is 0 Å². The second kappa shape index (κ2) is 22.6. The maximum absolute atomic E-state index is 12.1. The summed E-state index contributed by atoms with van der Waals surface area (Å²) in [4.78, 5) is 24.0. The molecule has 0 radical (unpaired) electrons. The number of hydrogen-bond acceptors (Lipinski definition) is 7. The minimum Gasteiger partial charge on any atom is -0.494 e. The number of carbonyl (C=O) groups excluding carboxylic acids is 1. The molecule has 45 heavy (non-hydrogen) atoms. The lowest BCUT2D eigenvalue weighted by atomic mass is 10.0. The van der Waals surface area contributed by atoms with E-state index in [-0.39, 0.29) is 0 Å². The number of carboxylic acid groups (broad SMARTS) is 1. The zero-order valence-corrected chi connectivity index (χ0v) is 28.9. The summed E-state index contributed by atoms with van der Waals surface area (Å²) in [6.07, 6.45) is 10.9. The lowest BCUT2D eigenvalue weighted by Gasteiger charge is -2.28. The first kappa shape index (κ1) is 38.3. The largest absolute Gasteiger partial charge is 0.502 e. The first-order chi connectivity index (χ1) is 21.9. The summed E-state index contributed by atoms with van der Waals surface area (Å²) in [5, 5.41) is 14.6. The molecule has 0 unspecified atom stereocenters. The number of unbranched alkanes of at least 4 members (excludes halogenated alkanes) is 7. The van der Waals surface area contributed by atoms with Crippen molar-refractivity contribution in [3.63, 3.8) is 0 Å². The third kappa shape index (κ3) is 15.3. The Kier molecular flexibility index (Phi) is 19.2. The predicted molar refractivity (Wildman–Crippen MR) is 182 cm³/mol. The average Bonchev–Trinajstić information content (AvgIpc) is 3.02. The van der Waals surface area contributed by atoms with Gasteiger partial charge in [-0.2, -0.15) is 0 Å². The second-order valence-electron chi connectivity index (χ2n) is 11.0. The molecule has 0 fully saturated rings. The van der Waals surface area contributed by atoms with Crippen molar-refractivity contribution >= 4 is 37.7 Å². The van der Waals surface area contributed by atoms with Gasteiger partial charge in [-0.3, -0.25) is 0 Å². The molecule has 0 bridgehead atoms. The molecular weight excluding hydrogens is 590 g/mol. The van der Waals surface area contributed by atoms with E-state index < -0.39 is 20.9 Å². The van der Waals surface area contributed by atoms with Crippen molar-refractivity contribution < 1.29 is 37.4 Å². The van der Waals surface area contributed by atoms with Crippen molar-refractivity contribution in [3.05, 3.63) is 47.5 Å². The molecule has 0 saturated carbocycles. The Morgan fingerprint density at radius 2 is 1.40 bits per heavy atom. The number of carbonyl (C=O) groups is 2. The van der Waals surface area contributed by atoms with Crippen LogP contribution in [0.1, 0.15) is 97.5 Å². The van der Waals surface area contributed by atoms with Gasteiger partial charge >= 0.3 is 20.9 Å². The highest BCUT2D eigenvalue weighted by atomic mass is 28.4. The number of fused-ring (bicyclic) bond motifs is 1.